The molecule has 0 unspecified atom stereocenters. The van der Waals surface area contributed by atoms with E-state index < -0.39 is 11.9 Å². The van der Waals surface area contributed by atoms with Gasteiger partial charge in [0.05, 0.1) is 21.7 Å². The standard InChI is InChI=1S/C17H13N3O5S/c1-20-4-2-3-12(20)8-13-14(21)19-17(26-13)18-11-6-9(15(22)23)5-10(7-11)16(24)25/h2-8H,1H3,(H,22,23)(H,24,25)(H,18,19,21)/b13-8+. The molecule has 132 valence electrons. The second-order valence-electron chi connectivity index (χ2n) is 5.40. The Morgan fingerprint density at radius 2 is 1.85 bits per heavy atom. The molecule has 0 aliphatic carbocycles. The largest absolute Gasteiger partial charge is 0.478 e. The number of carboxylic acids is 2. The van der Waals surface area contributed by atoms with E-state index in [0.717, 1.165) is 23.5 Å². The molecular formula is C17H13N3O5S. The summed E-state index contributed by atoms with van der Waals surface area (Å²) in [6.07, 6.45) is 3.56. The summed E-state index contributed by atoms with van der Waals surface area (Å²) in [5.41, 5.74) is 0.575. The van der Waals surface area contributed by atoms with E-state index >= 15 is 0 Å². The summed E-state index contributed by atoms with van der Waals surface area (Å²) < 4.78 is 1.85. The van der Waals surface area contributed by atoms with E-state index in [2.05, 4.69) is 10.3 Å². The first-order valence-corrected chi connectivity index (χ1v) is 8.18. The van der Waals surface area contributed by atoms with Gasteiger partial charge in [0.25, 0.3) is 5.91 Å². The summed E-state index contributed by atoms with van der Waals surface area (Å²) in [5.74, 6) is -2.85. The van der Waals surface area contributed by atoms with Crippen LogP contribution >= 0.6 is 11.8 Å². The van der Waals surface area contributed by atoms with Crippen molar-refractivity contribution in [2.75, 3.05) is 0 Å². The number of carbonyl (C=O) groups excluding carboxylic acids is 1. The number of benzene rings is 1. The number of amidine groups is 1. The van der Waals surface area contributed by atoms with Crippen molar-refractivity contribution in [3.63, 3.8) is 0 Å². The molecule has 3 N–H and O–H groups in total. The lowest BCUT2D eigenvalue weighted by atomic mass is 10.1. The fraction of sp³-hybridized carbons (Fsp3) is 0.0588. The molecular weight excluding hydrogens is 358 g/mol. The zero-order chi connectivity index (χ0) is 18.8. The molecule has 26 heavy (non-hydrogen) atoms. The lowest BCUT2D eigenvalue weighted by Gasteiger charge is -2.02. The minimum atomic E-state index is -1.26. The maximum atomic E-state index is 12.1. The summed E-state index contributed by atoms with van der Waals surface area (Å²) in [7, 11) is 1.85. The molecule has 8 nitrogen and oxygen atoms in total. The van der Waals surface area contributed by atoms with Gasteiger partial charge in [0, 0.05) is 18.9 Å². The van der Waals surface area contributed by atoms with E-state index in [1.807, 2.05) is 29.9 Å². The fourth-order valence-electron chi connectivity index (χ4n) is 2.28. The van der Waals surface area contributed by atoms with Gasteiger partial charge < -0.3 is 20.1 Å². The van der Waals surface area contributed by atoms with Crippen LogP contribution in [0.15, 0.2) is 46.4 Å². The zero-order valence-corrected chi connectivity index (χ0v) is 14.3. The molecule has 0 radical (unpaired) electrons. The summed E-state index contributed by atoms with van der Waals surface area (Å²) in [6.45, 7) is 0. The van der Waals surface area contributed by atoms with Gasteiger partial charge in [-0.25, -0.2) is 14.6 Å². The molecule has 2 aromatic rings. The van der Waals surface area contributed by atoms with Crippen LogP contribution in [0, 0.1) is 0 Å². The van der Waals surface area contributed by atoms with Crippen LogP contribution in [0.5, 0.6) is 0 Å². The van der Waals surface area contributed by atoms with Crippen LogP contribution in [-0.2, 0) is 11.8 Å². The number of aromatic carboxylic acids is 2. The first-order valence-electron chi connectivity index (χ1n) is 7.36. The highest BCUT2D eigenvalue weighted by Crippen LogP contribution is 2.28. The first-order chi connectivity index (χ1) is 12.3. The van der Waals surface area contributed by atoms with E-state index in [0.29, 0.717) is 4.91 Å². The van der Waals surface area contributed by atoms with Gasteiger partial charge >= 0.3 is 11.9 Å². The van der Waals surface area contributed by atoms with Gasteiger partial charge in [0.2, 0.25) is 0 Å². The SMILES string of the molecule is Cn1cccc1/C=C1/SC(=Nc2cc(C(=O)O)cc(C(=O)O)c2)NC1=O. The number of aromatic nitrogens is 1. The molecule has 1 aromatic heterocycles. The van der Waals surface area contributed by atoms with Gasteiger partial charge in [-0.05, 0) is 48.2 Å². The Kier molecular flexibility index (Phi) is 4.63. The van der Waals surface area contributed by atoms with Crippen molar-refractivity contribution >= 4 is 46.5 Å². The van der Waals surface area contributed by atoms with Crippen molar-refractivity contribution in [1.82, 2.24) is 9.88 Å². The lowest BCUT2D eigenvalue weighted by Crippen LogP contribution is -2.19. The van der Waals surface area contributed by atoms with Crippen LogP contribution in [0.3, 0.4) is 0 Å². The molecule has 9 heteroatoms. The summed E-state index contributed by atoms with van der Waals surface area (Å²) >= 11 is 1.09. The average molecular weight is 371 g/mol. The highest BCUT2D eigenvalue weighted by molar-refractivity contribution is 8.18. The van der Waals surface area contributed by atoms with E-state index in [1.54, 1.807) is 6.08 Å². The van der Waals surface area contributed by atoms with Crippen molar-refractivity contribution in [1.29, 1.82) is 0 Å². The molecule has 0 saturated carbocycles. The van der Waals surface area contributed by atoms with Crippen LogP contribution in [-0.4, -0.2) is 37.8 Å². The number of hydrogen-bond donors (Lipinski definition) is 3. The minimum Gasteiger partial charge on any atom is -0.478 e. The Morgan fingerprint density at radius 1 is 1.19 bits per heavy atom. The number of amides is 1. The van der Waals surface area contributed by atoms with Gasteiger partial charge in [0.1, 0.15) is 0 Å². The second-order valence-corrected chi connectivity index (χ2v) is 6.44. The second kappa shape index (κ2) is 6.89. The van der Waals surface area contributed by atoms with Crippen LogP contribution in [0.4, 0.5) is 5.69 Å². The Balaban J connectivity index is 1.93. The monoisotopic (exact) mass is 371 g/mol. The van der Waals surface area contributed by atoms with Gasteiger partial charge in [-0.1, -0.05) is 0 Å². The minimum absolute atomic E-state index is 0.130. The fourth-order valence-corrected chi connectivity index (χ4v) is 3.11. The van der Waals surface area contributed by atoms with Crippen molar-refractivity contribution in [3.8, 4) is 0 Å². The third-order valence-electron chi connectivity index (χ3n) is 3.56. The number of carbonyl (C=O) groups is 3. The summed E-state index contributed by atoms with van der Waals surface area (Å²) in [6, 6.07) is 7.24. The number of thioether (sulfide) groups is 1. The van der Waals surface area contributed by atoms with Crippen LogP contribution in [0.2, 0.25) is 0 Å². The number of rotatable bonds is 4. The molecule has 1 fully saturated rings. The Labute approximate surface area is 151 Å². The van der Waals surface area contributed by atoms with Crippen molar-refractivity contribution in [2.24, 2.45) is 12.0 Å². The summed E-state index contributed by atoms with van der Waals surface area (Å²) in [5, 5.41) is 21.0. The van der Waals surface area contributed by atoms with E-state index in [9.17, 15) is 14.4 Å². The number of aryl methyl sites for hydroxylation is 1. The maximum absolute atomic E-state index is 12.1. The molecule has 2 heterocycles. The van der Waals surface area contributed by atoms with Crippen molar-refractivity contribution < 1.29 is 24.6 Å². The third-order valence-corrected chi connectivity index (χ3v) is 4.47. The van der Waals surface area contributed by atoms with Gasteiger partial charge in [-0.2, -0.15) is 0 Å². The highest BCUT2D eigenvalue weighted by Gasteiger charge is 2.24. The molecule has 0 atom stereocenters. The van der Waals surface area contributed by atoms with Crippen LogP contribution < -0.4 is 5.32 Å². The quantitative estimate of drug-likeness (QED) is 0.709. The summed E-state index contributed by atoms with van der Waals surface area (Å²) in [4.78, 5) is 39.0. The number of aliphatic imine (C=N–C) groups is 1. The predicted octanol–water partition coefficient (Wildman–Crippen LogP) is 2.31. The number of nitrogens with zero attached hydrogens (tertiary/aromatic N) is 2. The number of carboxylic acid groups (broad SMARTS) is 2. The predicted molar refractivity (Wildman–Crippen MR) is 96.6 cm³/mol. The maximum Gasteiger partial charge on any atom is 0.335 e. The van der Waals surface area contributed by atoms with Crippen LogP contribution in [0.25, 0.3) is 6.08 Å². The molecule has 1 aromatic carbocycles. The van der Waals surface area contributed by atoms with Crippen molar-refractivity contribution in [2.45, 2.75) is 0 Å². The van der Waals surface area contributed by atoms with Crippen LogP contribution in [0.1, 0.15) is 26.4 Å². The smallest absolute Gasteiger partial charge is 0.335 e. The molecule has 3 rings (SSSR count). The van der Waals surface area contributed by atoms with E-state index in [1.165, 1.54) is 12.1 Å². The molecule has 1 aliphatic heterocycles. The molecule has 1 amide bonds. The molecule has 1 saturated heterocycles. The Hall–Kier alpha value is -3.33. The molecule has 0 bridgehead atoms. The zero-order valence-electron chi connectivity index (χ0n) is 13.5. The average Bonchev–Trinajstić information content (AvgIpc) is 3.13. The number of nitrogens with one attached hydrogen (secondary N) is 1. The third kappa shape index (κ3) is 3.67. The van der Waals surface area contributed by atoms with Gasteiger partial charge in [-0.15, -0.1) is 0 Å². The number of hydrogen-bond acceptors (Lipinski definition) is 5. The topological polar surface area (TPSA) is 121 Å². The highest BCUT2D eigenvalue weighted by atomic mass is 32.2. The van der Waals surface area contributed by atoms with Crippen molar-refractivity contribution in [3.05, 3.63) is 58.3 Å². The van der Waals surface area contributed by atoms with E-state index in [-0.39, 0.29) is 27.9 Å². The lowest BCUT2D eigenvalue weighted by molar-refractivity contribution is -0.115. The normalized spacial score (nSPS) is 16.9. The van der Waals surface area contributed by atoms with Gasteiger partial charge in [0.15, 0.2) is 5.17 Å². The Bertz CT molecular complexity index is 958. The Morgan fingerprint density at radius 3 is 2.38 bits per heavy atom. The van der Waals surface area contributed by atoms with Gasteiger partial charge in [-0.3, -0.25) is 4.79 Å². The molecule has 1 aliphatic rings. The first kappa shape index (κ1) is 17.5. The van der Waals surface area contributed by atoms with E-state index in [4.69, 9.17) is 10.2 Å². The molecule has 0 spiro atoms.